The standard InChI is InChI=1S/C19H20N2O3S/c22-16(11-21-10-4-6-12-5-1-2-8-14(12)21)20-18-17(19(23)24)13-7-3-9-15(13)25-18/h1-2,5,8H,3-4,6-7,9-11H2,(H,20,22)(H,23,24). The fourth-order valence-electron chi connectivity index (χ4n) is 3.83. The van der Waals surface area contributed by atoms with Crippen LogP contribution in [0.3, 0.4) is 0 Å². The minimum absolute atomic E-state index is 0.154. The van der Waals surface area contributed by atoms with E-state index in [0.717, 1.165) is 54.8 Å². The molecule has 1 aliphatic carbocycles. The lowest BCUT2D eigenvalue weighted by Crippen LogP contribution is -2.36. The average molecular weight is 356 g/mol. The number of nitrogens with one attached hydrogen (secondary N) is 1. The molecule has 2 aliphatic rings. The van der Waals surface area contributed by atoms with Crippen LogP contribution in [0.4, 0.5) is 10.7 Å². The fourth-order valence-corrected chi connectivity index (χ4v) is 5.13. The first kappa shape index (κ1) is 16.1. The number of benzene rings is 1. The van der Waals surface area contributed by atoms with Gasteiger partial charge in [-0.1, -0.05) is 18.2 Å². The SMILES string of the molecule is O=C(CN1CCCc2ccccc21)Nc1sc2c(c1C(=O)O)CCC2. The van der Waals surface area contributed by atoms with E-state index in [0.29, 0.717) is 10.6 Å². The van der Waals surface area contributed by atoms with Crippen LogP contribution in [0.1, 0.15) is 39.2 Å². The number of aryl methyl sites for hydroxylation is 2. The second kappa shape index (κ2) is 6.52. The summed E-state index contributed by atoms with van der Waals surface area (Å²) in [5.41, 5.74) is 3.58. The summed E-state index contributed by atoms with van der Waals surface area (Å²) in [7, 11) is 0. The van der Waals surface area contributed by atoms with Crippen molar-refractivity contribution >= 4 is 33.9 Å². The molecule has 0 atom stereocenters. The average Bonchev–Trinajstić information content (AvgIpc) is 3.15. The molecule has 5 nitrogen and oxygen atoms in total. The van der Waals surface area contributed by atoms with Gasteiger partial charge in [-0.2, -0.15) is 0 Å². The molecule has 2 N–H and O–H groups in total. The van der Waals surface area contributed by atoms with Crippen LogP contribution in [0.2, 0.25) is 0 Å². The summed E-state index contributed by atoms with van der Waals surface area (Å²) in [4.78, 5) is 27.4. The maximum absolute atomic E-state index is 12.6. The lowest BCUT2D eigenvalue weighted by atomic mass is 10.0. The molecule has 0 spiro atoms. The Morgan fingerprint density at radius 3 is 2.84 bits per heavy atom. The number of rotatable bonds is 4. The lowest BCUT2D eigenvalue weighted by Gasteiger charge is -2.30. The number of aromatic carboxylic acids is 1. The van der Waals surface area contributed by atoms with Gasteiger partial charge in [0.25, 0.3) is 0 Å². The highest BCUT2D eigenvalue weighted by molar-refractivity contribution is 7.17. The van der Waals surface area contributed by atoms with Gasteiger partial charge in [0.15, 0.2) is 0 Å². The smallest absolute Gasteiger partial charge is 0.339 e. The van der Waals surface area contributed by atoms with E-state index in [2.05, 4.69) is 16.3 Å². The first-order valence-corrected chi connectivity index (χ1v) is 9.45. The molecular formula is C19H20N2O3S. The van der Waals surface area contributed by atoms with Gasteiger partial charge < -0.3 is 15.3 Å². The van der Waals surface area contributed by atoms with Crippen molar-refractivity contribution in [3.05, 3.63) is 45.8 Å². The molecule has 0 unspecified atom stereocenters. The number of anilines is 2. The number of carboxylic acid groups (broad SMARTS) is 1. The number of fused-ring (bicyclic) bond motifs is 2. The quantitative estimate of drug-likeness (QED) is 0.882. The van der Waals surface area contributed by atoms with E-state index in [9.17, 15) is 14.7 Å². The van der Waals surface area contributed by atoms with Crippen molar-refractivity contribution in [3.8, 4) is 0 Å². The molecule has 4 rings (SSSR count). The van der Waals surface area contributed by atoms with Crippen molar-refractivity contribution in [3.63, 3.8) is 0 Å². The number of thiophene rings is 1. The number of nitrogens with zero attached hydrogens (tertiary/aromatic N) is 1. The molecule has 0 saturated carbocycles. The van der Waals surface area contributed by atoms with Crippen molar-refractivity contribution < 1.29 is 14.7 Å². The summed E-state index contributed by atoms with van der Waals surface area (Å²) >= 11 is 1.42. The predicted molar refractivity (Wildman–Crippen MR) is 98.9 cm³/mol. The largest absolute Gasteiger partial charge is 0.478 e. The van der Waals surface area contributed by atoms with Gasteiger partial charge in [-0.05, 0) is 49.3 Å². The zero-order valence-corrected chi connectivity index (χ0v) is 14.7. The Bertz CT molecular complexity index is 843. The number of carbonyl (C=O) groups is 2. The van der Waals surface area contributed by atoms with E-state index in [1.54, 1.807) is 0 Å². The molecule has 1 amide bonds. The number of carboxylic acids is 1. The number of hydrogen-bond donors (Lipinski definition) is 2. The second-order valence-electron chi connectivity index (χ2n) is 6.57. The lowest BCUT2D eigenvalue weighted by molar-refractivity contribution is -0.115. The molecule has 1 aliphatic heterocycles. The van der Waals surface area contributed by atoms with Crippen molar-refractivity contribution in [2.75, 3.05) is 23.3 Å². The maximum atomic E-state index is 12.6. The summed E-state index contributed by atoms with van der Waals surface area (Å²) in [6.45, 7) is 1.09. The highest BCUT2D eigenvalue weighted by Crippen LogP contribution is 2.39. The monoisotopic (exact) mass is 356 g/mol. The molecule has 1 aromatic heterocycles. The Labute approximate surface area is 150 Å². The highest BCUT2D eigenvalue weighted by Gasteiger charge is 2.27. The Balaban J connectivity index is 1.52. The Hall–Kier alpha value is -2.34. The third kappa shape index (κ3) is 3.02. The van der Waals surface area contributed by atoms with Crippen LogP contribution in [0.15, 0.2) is 24.3 Å². The Kier molecular flexibility index (Phi) is 4.21. The minimum Gasteiger partial charge on any atom is -0.478 e. The molecule has 0 saturated heterocycles. The van der Waals surface area contributed by atoms with Crippen LogP contribution in [-0.2, 0) is 24.1 Å². The van der Waals surface area contributed by atoms with E-state index in [-0.39, 0.29) is 12.5 Å². The summed E-state index contributed by atoms with van der Waals surface area (Å²) < 4.78 is 0. The van der Waals surface area contributed by atoms with Gasteiger partial charge >= 0.3 is 5.97 Å². The van der Waals surface area contributed by atoms with Crippen molar-refractivity contribution in [2.24, 2.45) is 0 Å². The van der Waals surface area contributed by atoms with E-state index in [4.69, 9.17) is 0 Å². The molecule has 2 heterocycles. The molecule has 1 aromatic carbocycles. The molecule has 6 heteroatoms. The summed E-state index contributed by atoms with van der Waals surface area (Å²) in [5.74, 6) is -1.10. The topological polar surface area (TPSA) is 69.6 Å². The number of para-hydroxylation sites is 1. The van der Waals surface area contributed by atoms with Crippen LogP contribution in [-0.4, -0.2) is 30.1 Å². The molecule has 0 fully saturated rings. The van der Waals surface area contributed by atoms with E-state index < -0.39 is 5.97 Å². The van der Waals surface area contributed by atoms with Crippen LogP contribution < -0.4 is 10.2 Å². The van der Waals surface area contributed by atoms with Crippen LogP contribution in [0.25, 0.3) is 0 Å². The third-order valence-electron chi connectivity index (χ3n) is 4.93. The van der Waals surface area contributed by atoms with Crippen LogP contribution in [0, 0.1) is 0 Å². The number of carbonyl (C=O) groups excluding carboxylic acids is 1. The van der Waals surface area contributed by atoms with E-state index in [1.165, 1.54) is 16.9 Å². The molecular weight excluding hydrogens is 336 g/mol. The van der Waals surface area contributed by atoms with Gasteiger partial charge in [-0.3, -0.25) is 4.79 Å². The first-order chi connectivity index (χ1) is 12.1. The van der Waals surface area contributed by atoms with Gasteiger partial charge in [0.1, 0.15) is 5.00 Å². The van der Waals surface area contributed by atoms with Crippen molar-refractivity contribution in [1.82, 2.24) is 0 Å². The molecule has 2 aromatic rings. The summed E-state index contributed by atoms with van der Waals surface area (Å²) in [6.07, 6.45) is 4.77. The van der Waals surface area contributed by atoms with Gasteiger partial charge in [0.2, 0.25) is 5.91 Å². The second-order valence-corrected chi connectivity index (χ2v) is 7.67. The highest BCUT2D eigenvalue weighted by atomic mass is 32.1. The van der Waals surface area contributed by atoms with Crippen molar-refractivity contribution in [2.45, 2.75) is 32.1 Å². The maximum Gasteiger partial charge on any atom is 0.339 e. The molecule has 25 heavy (non-hydrogen) atoms. The van der Waals surface area contributed by atoms with Gasteiger partial charge in [0.05, 0.1) is 12.1 Å². The first-order valence-electron chi connectivity index (χ1n) is 8.64. The normalized spacial score (nSPS) is 15.6. The summed E-state index contributed by atoms with van der Waals surface area (Å²) in [6, 6.07) is 8.16. The zero-order chi connectivity index (χ0) is 17.4. The molecule has 130 valence electrons. The molecule has 0 bridgehead atoms. The Morgan fingerprint density at radius 2 is 2.00 bits per heavy atom. The predicted octanol–water partition coefficient (Wildman–Crippen LogP) is 3.33. The zero-order valence-electron chi connectivity index (χ0n) is 13.9. The molecule has 0 radical (unpaired) electrons. The number of hydrogen-bond acceptors (Lipinski definition) is 4. The van der Waals surface area contributed by atoms with Crippen LogP contribution >= 0.6 is 11.3 Å². The van der Waals surface area contributed by atoms with Crippen LogP contribution in [0.5, 0.6) is 0 Å². The van der Waals surface area contributed by atoms with E-state index >= 15 is 0 Å². The van der Waals surface area contributed by atoms with Gasteiger partial charge in [0, 0.05) is 17.1 Å². The fraction of sp³-hybridized carbons (Fsp3) is 0.368. The Morgan fingerprint density at radius 1 is 1.16 bits per heavy atom. The summed E-state index contributed by atoms with van der Waals surface area (Å²) in [5, 5.41) is 12.9. The minimum atomic E-state index is -0.946. The van der Waals surface area contributed by atoms with Gasteiger partial charge in [-0.15, -0.1) is 11.3 Å². The van der Waals surface area contributed by atoms with Gasteiger partial charge in [-0.25, -0.2) is 4.79 Å². The third-order valence-corrected chi connectivity index (χ3v) is 6.14. The van der Waals surface area contributed by atoms with E-state index in [1.807, 2.05) is 18.2 Å². The number of amides is 1. The van der Waals surface area contributed by atoms with Crippen molar-refractivity contribution in [1.29, 1.82) is 0 Å².